The van der Waals surface area contributed by atoms with Crippen LogP contribution in [0.1, 0.15) is 19.1 Å². The molecule has 2 atom stereocenters. The Kier molecular flexibility index (Phi) is 4.21. The first-order valence-electron chi connectivity index (χ1n) is 8.29. The molecule has 0 bridgehead atoms. The summed E-state index contributed by atoms with van der Waals surface area (Å²) in [5.74, 6) is -0.696. The summed E-state index contributed by atoms with van der Waals surface area (Å²) >= 11 is 0. The molecule has 0 saturated carbocycles. The predicted octanol–water partition coefficient (Wildman–Crippen LogP) is 1.88. The maximum atomic E-state index is 14.5. The first-order valence-corrected chi connectivity index (χ1v) is 8.29. The van der Waals surface area contributed by atoms with Crippen LogP contribution in [0.25, 0.3) is 16.9 Å². The molecule has 1 N–H and O–H groups in total. The number of imidazole rings is 1. The molecule has 0 radical (unpaired) electrons. The molecule has 3 aromatic rings. The minimum Gasteiger partial charge on any atom is -0.394 e. The summed E-state index contributed by atoms with van der Waals surface area (Å²) in [6.45, 7) is -0.161. The minimum atomic E-state index is -0.696. The Balaban J connectivity index is 1.76. The first-order chi connectivity index (χ1) is 13.0. The van der Waals surface area contributed by atoms with Gasteiger partial charge in [-0.05, 0) is 25.0 Å². The number of hydrogen-bond acceptors (Lipinski definition) is 6. The van der Waals surface area contributed by atoms with Crippen LogP contribution in [0.3, 0.4) is 0 Å². The molecule has 2 aromatic heterocycles. The summed E-state index contributed by atoms with van der Waals surface area (Å²) in [5, 5.41) is 19.9. The second kappa shape index (κ2) is 6.56. The number of aliphatic hydroxyl groups excluding tert-OH is 1. The van der Waals surface area contributed by atoms with E-state index in [2.05, 4.69) is 4.98 Å². The molecule has 27 heavy (non-hydrogen) atoms. The number of rotatable bonds is 4. The van der Waals surface area contributed by atoms with Crippen molar-refractivity contribution in [3.05, 3.63) is 63.1 Å². The van der Waals surface area contributed by atoms with E-state index in [1.807, 2.05) is 0 Å². The number of hydrogen-bond donors (Lipinski definition) is 1. The van der Waals surface area contributed by atoms with E-state index in [0.717, 1.165) is 15.2 Å². The van der Waals surface area contributed by atoms with Crippen LogP contribution in [0.15, 0.2) is 41.5 Å². The van der Waals surface area contributed by atoms with Gasteiger partial charge in [0.15, 0.2) is 11.5 Å². The zero-order valence-electron chi connectivity index (χ0n) is 14.0. The zero-order valence-corrected chi connectivity index (χ0v) is 14.0. The number of nitro groups is 1. The van der Waals surface area contributed by atoms with E-state index in [1.54, 1.807) is 0 Å². The van der Waals surface area contributed by atoms with Gasteiger partial charge in [-0.15, -0.1) is 0 Å². The molecule has 0 amide bonds. The van der Waals surface area contributed by atoms with E-state index in [4.69, 9.17) is 9.84 Å². The third-order valence-electron chi connectivity index (χ3n) is 4.57. The van der Waals surface area contributed by atoms with Gasteiger partial charge in [0.1, 0.15) is 6.23 Å². The molecule has 1 saturated heterocycles. The van der Waals surface area contributed by atoms with E-state index in [-0.39, 0.29) is 24.0 Å². The van der Waals surface area contributed by atoms with Crippen molar-refractivity contribution in [1.82, 2.24) is 14.0 Å². The molecule has 10 heteroatoms. The van der Waals surface area contributed by atoms with Crippen molar-refractivity contribution in [2.45, 2.75) is 25.2 Å². The van der Waals surface area contributed by atoms with E-state index in [0.29, 0.717) is 24.1 Å². The molecule has 3 heterocycles. The lowest BCUT2D eigenvalue weighted by Gasteiger charge is -2.15. The largest absolute Gasteiger partial charge is 0.394 e. The van der Waals surface area contributed by atoms with Crippen LogP contribution in [0.2, 0.25) is 0 Å². The molecule has 1 aromatic carbocycles. The molecule has 0 unspecified atom stereocenters. The van der Waals surface area contributed by atoms with Gasteiger partial charge in [-0.2, -0.15) is 0 Å². The van der Waals surface area contributed by atoms with Gasteiger partial charge in [-0.25, -0.2) is 18.6 Å². The van der Waals surface area contributed by atoms with Crippen molar-refractivity contribution in [1.29, 1.82) is 0 Å². The normalized spacial score (nSPS) is 19.6. The highest BCUT2D eigenvalue weighted by atomic mass is 19.1. The van der Waals surface area contributed by atoms with Gasteiger partial charge >= 0.3 is 5.69 Å². The first kappa shape index (κ1) is 17.3. The van der Waals surface area contributed by atoms with Crippen LogP contribution in [-0.4, -0.2) is 36.7 Å². The van der Waals surface area contributed by atoms with Crippen molar-refractivity contribution in [3.8, 4) is 11.3 Å². The summed E-state index contributed by atoms with van der Waals surface area (Å²) < 4.78 is 22.3. The summed E-state index contributed by atoms with van der Waals surface area (Å²) in [7, 11) is 0. The van der Waals surface area contributed by atoms with Crippen molar-refractivity contribution >= 4 is 11.3 Å². The highest BCUT2D eigenvalue weighted by Gasteiger charge is 2.28. The van der Waals surface area contributed by atoms with Crippen LogP contribution < -0.4 is 5.69 Å². The summed E-state index contributed by atoms with van der Waals surface area (Å²) in [4.78, 5) is 27.1. The van der Waals surface area contributed by atoms with Crippen LogP contribution in [-0.2, 0) is 4.74 Å². The fourth-order valence-electron chi connectivity index (χ4n) is 3.18. The van der Waals surface area contributed by atoms with Crippen molar-refractivity contribution in [3.63, 3.8) is 0 Å². The van der Waals surface area contributed by atoms with Gasteiger partial charge in [0.05, 0.1) is 29.5 Å². The number of non-ortho nitro benzene ring substituents is 1. The van der Waals surface area contributed by atoms with Crippen LogP contribution in [0.4, 0.5) is 10.1 Å². The lowest BCUT2D eigenvalue weighted by atomic mass is 10.1. The number of fused-ring (bicyclic) bond motifs is 1. The SMILES string of the molecule is O=c1n([C@@H]2CC[C@@H](CO)O2)cc(F)c2nc(-c3ccc([N+](=O)[O-])cc3)cn12. The number of aromatic nitrogens is 3. The van der Waals surface area contributed by atoms with Gasteiger partial charge in [0.2, 0.25) is 0 Å². The van der Waals surface area contributed by atoms with Gasteiger partial charge in [-0.3, -0.25) is 14.7 Å². The van der Waals surface area contributed by atoms with Gasteiger partial charge < -0.3 is 9.84 Å². The van der Waals surface area contributed by atoms with Crippen LogP contribution in [0, 0.1) is 15.9 Å². The third kappa shape index (κ3) is 2.98. The topological polar surface area (TPSA) is 112 Å². The number of halogens is 1. The van der Waals surface area contributed by atoms with E-state index in [9.17, 15) is 19.3 Å². The Hall–Kier alpha value is -3.11. The molecular formula is C17H15FN4O5. The summed E-state index contributed by atoms with van der Waals surface area (Å²) in [5.41, 5.74) is 0.108. The van der Waals surface area contributed by atoms with Crippen LogP contribution >= 0.6 is 0 Å². The number of benzene rings is 1. The lowest BCUT2D eigenvalue weighted by Crippen LogP contribution is -2.30. The Morgan fingerprint density at radius 3 is 2.67 bits per heavy atom. The van der Waals surface area contributed by atoms with E-state index < -0.39 is 22.7 Å². The summed E-state index contributed by atoms with van der Waals surface area (Å²) in [6.07, 6.45) is 2.47. The molecule has 1 aliphatic heterocycles. The number of nitrogens with zero attached hydrogens (tertiary/aromatic N) is 4. The Labute approximate surface area is 151 Å². The minimum absolute atomic E-state index is 0.0760. The molecule has 140 valence electrons. The lowest BCUT2D eigenvalue weighted by molar-refractivity contribution is -0.384. The number of nitro benzene ring substituents is 1. The molecular weight excluding hydrogens is 359 g/mol. The maximum absolute atomic E-state index is 14.5. The van der Waals surface area contributed by atoms with Gasteiger partial charge in [0.25, 0.3) is 5.69 Å². The molecule has 0 spiro atoms. The zero-order chi connectivity index (χ0) is 19.1. The van der Waals surface area contributed by atoms with Gasteiger partial charge in [0, 0.05) is 23.9 Å². The average Bonchev–Trinajstić information content (AvgIpc) is 3.32. The Morgan fingerprint density at radius 1 is 1.30 bits per heavy atom. The smallest absolute Gasteiger partial charge is 0.336 e. The Bertz CT molecular complexity index is 1080. The van der Waals surface area contributed by atoms with Crippen molar-refractivity contribution in [2.24, 2.45) is 0 Å². The third-order valence-corrected chi connectivity index (χ3v) is 4.57. The van der Waals surface area contributed by atoms with E-state index in [1.165, 1.54) is 30.5 Å². The monoisotopic (exact) mass is 374 g/mol. The molecule has 1 aliphatic rings. The fourth-order valence-corrected chi connectivity index (χ4v) is 3.18. The molecule has 4 rings (SSSR count). The average molecular weight is 374 g/mol. The summed E-state index contributed by atoms with van der Waals surface area (Å²) in [6, 6.07) is 5.61. The van der Waals surface area contributed by atoms with E-state index >= 15 is 0 Å². The van der Waals surface area contributed by atoms with Gasteiger partial charge in [-0.1, -0.05) is 0 Å². The quantitative estimate of drug-likeness (QED) is 0.551. The fraction of sp³-hybridized carbons (Fsp3) is 0.294. The second-order valence-electron chi connectivity index (χ2n) is 6.26. The predicted molar refractivity (Wildman–Crippen MR) is 91.7 cm³/mol. The highest BCUT2D eigenvalue weighted by Crippen LogP contribution is 2.28. The van der Waals surface area contributed by atoms with Crippen molar-refractivity contribution in [2.75, 3.05) is 6.61 Å². The molecule has 1 fully saturated rings. The molecule has 0 aliphatic carbocycles. The molecule has 9 nitrogen and oxygen atoms in total. The Morgan fingerprint density at radius 2 is 2.04 bits per heavy atom. The highest BCUT2D eigenvalue weighted by molar-refractivity contribution is 5.64. The standard InChI is InChI=1S/C17H15FN4O5/c18-13-7-20(15-6-5-12(9-23)27-15)17(24)21-8-14(19-16(13)21)10-1-3-11(4-2-10)22(25)26/h1-4,7-8,12,15,23H,5-6,9H2/t12-,15-/m0/s1. The van der Waals surface area contributed by atoms with Crippen molar-refractivity contribution < 1.29 is 19.2 Å². The number of ether oxygens (including phenoxy) is 1. The number of aliphatic hydroxyl groups is 1. The van der Waals surface area contributed by atoms with Crippen LogP contribution in [0.5, 0.6) is 0 Å². The maximum Gasteiger partial charge on any atom is 0.336 e. The second-order valence-corrected chi connectivity index (χ2v) is 6.26.